The van der Waals surface area contributed by atoms with Crippen LogP contribution in [-0.4, -0.2) is 66.7 Å². The summed E-state index contributed by atoms with van der Waals surface area (Å²) < 4.78 is 48.3. The van der Waals surface area contributed by atoms with E-state index in [9.17, 15) is 27.6 Å². The number of methoxy groups -OCH3 is 1. The highest BCUT2D eigenvalue weighted by Crippen LogP contribution is 2.38. The maximum absolute atomic E-state index is 14.0. The monoisotopic (exact) mass is 543 g/mol. The summed E-state index contributed by atoms with van der Waals surface area (Å²) in [6, 6.07) is 10.5. The van der Waals surface area contributed by atoms with Crippen molar-refractivity contribution in [3.8, 4) is 11.4 Å². The van der Waals surface area contributed by atoms with Gasteiger partial charge in [0.25, 0.3) is 17.7 Å². The molecule has 1 N–H and O–H groups in total. The van der Waals surface area contributed by atoms with Crippen LogP contribution in [0, 0.1) is 0 Å². The van der Waals surface area contributed by atoms with Gasteiger partial charge in [-0.05, 0) is 55.3 Å². The maximum atomic E-state index is 14.0. The molecular weight excluding hydrogens is 515 g/mol. The SMILES string of the molecule is CCCNC(=O)c1cc(OC)ccc1-n1nc(C(F)(F)F)c2c1C(=O)N(c1ccc(C(=O)N(C)C)cc1)CC2. The van der Waals surface area contributed by atoms with Crippen LogP contribution >= 0.6 is 0 Å². The molecule has 0 aliphatic carbocycles. The van der Waals surface area contributed by atoms with Gasteiger partial charge >= 0.3 is 6.18 Å². The molecule has 39 heavy (non-hydrogen) atoms. The van der Waals surface area contributed by atoms with Gasteiger partial charge in [0.2, 0.25) is 0 Å². The molecule has 0 saturated carbocycles. The number of amides is 3. The van der Waals surface area contributed by atoms with Crippen LogP contribution in [0.4, 0.5) is 18.9 Å². The van der Waals surface area contributed by atoms with Crippen LogP contribution in [0.25, 0.3) is 5.69 Å². The number of hydrogen-bond acceptors (Lipinski definition) is 5. The van der Waals surface area contributed by atoms with E-state index >= 15 is 0 Å². The average molecular weight is 544 g/mol. The first kappa shape index (κ1) is 27.7. The third kappa shape index (κ3) is 5.31. The van der Waals surface area contributed by atoms with Gasteiger partial charge in [0.05, 0.1) is 18.4 Å². The normalized spacial score (nSPS) is 13.2. The van der Waals surface area contributed by atoms with Gasteiger partial charge < -0.3 is 19.9 Å². The molecular formula is C27H28F3N5O4. The molecule has 1 aliphatic heterocycles. The Labute approximate surface area is 223 Å². The zero-order valence-corrected chi connectivity index (χ0v) is 21.9. The van der Waals surface area contributed by atoms with E-state index in [0.29, 0.717) is 30.0 Å². The molecule has 3 aromatic rings. The van der Waals surface area contributed by atoms with Gasteiger partial charge in [-0.25, -0.2) is 4.68 Å². The molecule has 0 unspecified atom stereocenters. The first-order valence-corrected chi connectivity index (χ1v) is 12.3. The average Bonchev–Trinajstić information content (AvgIpc) is 3.32. The highest BCUT2D eigenvalue weighted by Gasteiger charge is 2.43. The number of fused-ring (bicyclic) bond motifs is 1. The second kappa shape index (κ2) is 10.8. The Morgan fingerprint density at radius 3 is 2.41 bits per heavy atom. The summed E-state index contributed by atoms with van der Waals surface area (Å²) in [6.45, 7) is 2.19. The summed E-state index contributed by atoms with van der Waals surface area (Å²) in [4.78, 5) is 41.7. The number of rotatable bonds is 7. The van der Waals surface area contributed by atoms with Gasteiger partial charge in [0, 0.05) is 44.0 Å². The molecule has 3 amide bonds. The van der Waals surface area contributed by atoms with Crippen molar-refractivity contribution < 1.29 is 32.3 Å². The van der Waals surface area contributed by atoms with Crippen molar-refractivity contribution in [2.75, 3.05) is 39.2 Å². The number of anilines is 1. The van der Waals surface area contributed by atoms with Crippen LogP contribution in [0.5, 0.6) is 5.75 Å². The molecule has 1 aromatic heterocycles. The Morgan fingerprint density at radius 1 is 1.13 bits per heavy atom. The van der Waals surface area contributed by atoms with Crippen molar-refractivity contribution in [1.29, 1.82) is 0 Å². The quantitative estimate of drug-likeness (QED) is 0.487. The largest absolute Gasteiger partial charge is 0.497 e. The van der Waals surface area contributed by atoms with E-state index in [1.165, 1.54) is 35.1 Å². The van der Waals surface area contributed by atoms with Crippen LogP contribution in [0.15, 0.2) is 42.5 Å². The van der Waals surface area contributed by atoms with Gasteiger partial charge in [0.15, 0.2) is 5.69 Å². The summed E-state index contributed by atoms with van der Waals surface area (Å²) in [5, 5.41) is 6.53. The van der Waals surface area contributed by atoms with Crippen LogP contribution < -0.4 is 15.0 Å². The second-order valence-corrected chi connectivity index (χ2v) is 9.18. The van der Waals surface area contributed by atoms with E-state index in [1.54, 1.807) is 38.4 Å². The molecule has 2 aromatic carbocycles. The number of hydrogen-bond donors (Lipinski definition) is 1. The number of benzene rings is 2. The molecule has 0 radical (unpaired) electrons. The third-order valence-corrected chi connectivity index (χ3v) is 6.33. The minimum atomic E-state index is -4.82. The van der Waals surface area contributed by atoms with Gasteiger partial charge in [0.1, 0.15) is 11.4 Å². The fraction of sp³-hybridized carbons (Fsp3) is 0.333. The molecule has 0 fully saturated rings. The Bertz CT molecular complexity index is 1410. The molecule has 0 spiro atoms. The van der Waals surface area contributed by atoms with Gasteiger partial charge in [-0.3, -0.25) is 14.4 Å². The van der Waals surface area contributed by atoms with Gasteiger partial charge in [-0.15, -0.1) is 0 Å². The van der Waals surface area contributed by atoms with Gasteiger partial charge in [-0.2, -0.15) is 18.3 Å². The predicted octanol–water partition coefficient (Wildman–Crippen LogP) is 3.94. The molecule has 1 aliphatic rings. The summed E-state index contributed by atoms with van der Waals surface area (Å²) in [5.41, 5.74) is -0.850. The smallest absolute Gasteiger partial charge is 0.435 e. The van der Waals surface area contributed by atoms with E-state index in [4.69, 9.17) is 4.74 Å². The van der Waals surface area contributed by atoms with Crippen LogP contribution in [0.1, 0.15) is 55.8 Å². The molecule has 0 saturated heterocycles. The van der Waals surface area contributed by atoms with Crippen molar-refractivity contribution in [3.05, 3.63) is 70.5 Å². The molecule has 0 atom stereocenters. The van der Waals surface area contributed by atoms with Gasteiger partial charge in [-0.1, -0.05) is 6.92 Å². The number of carbonyl (C=O) groups is 3. The second-order valence-electron chi connectivity index (χ2n) is 9.18. The standard InChI is InChI=1S/C27H28F3N5O4/c1-5-13-31-24(36)20-15-18(39-4)10-11-21(20)35-22-19(23(32-35)27(28,29)30)12-14-34(26(22)38)17-8-6-16(7-9-17)25(37)33(2)3/h6-11,15H,5,12-14H2,1-4H3,(H,31,36). The van der Waals surface area contributed by atoms with E-state index in [2.05, 4.69) is 10.4 Å². The molecule has 206 valence electrons. The number of alkyl halides is 3. The molecule has 12 heteroatoms. The molecule has 4 rings (SSSR count). The summed E-state index contributed by atoms with van der Waals surface area (Å²) in [6.07, 6.45) is -4.28. The van der Waals surface area contributed by atoms with Crippen molar-refractivity contribution in [2.45, 2.75) is 25.9 Å². The number of aromatic nitrogens is 2. The van der Waals surface area contributed by atoms with Crippen molar-refractivity contribution in [3.63, 3.8) is 0 Å². The number of ether oxygens (including phenoxy) is 1. The van der Waals surface area contributed by atoms with Crippen LogP contribution in [-0.2, 0) is 12.6 Å². The minimum Gasteiger partial charge on any atom is -0.497 e. The Hall–Kier alpha value is -4.35. The number of nitrogens with zero attached hydrogens (tertiary/aromatic N) is 4. The highest BCUT2D eigenvalue weighted by molar-refractivity contribution is 6.08. The lowest BCUT2D eigenvalue weighted by Crippen LogP contribution is -2.39. The van der Waals surface area contributed by atoms with Crippen LogP contribution in [0.2, 0.25) is 0 Å². The maximum Gasteiger partial charge on any atom is 0.435 e. The van der Waals surface area contributed by atoms with E-state index in [1.807, 2.05) is 6.92 Å². The Morgan fingerprint density at radius 2 is 1.82 bits per heavy atom. The number of nitrogens with one attached hydrogen (secondary N) is 1. The fourth-order valence-corrected chi connectivity index (χ4v) is 4.39. The molecule has 9 nitrogen and oxygen atoms in total. The number of carbonyl (C=O) groups excluding carboxylic acids is 3. The molecule has 0 bridgehead atoms. The minimum absolute atomic E-state index is 0.0123. The van der Waals surface area contributed by atoms with E-state index < -0.39 is 23.7 Å². The fourth-order valence-electron chi connectivity index (χ4n) is 4.39. The summed E-state index contributed by atoms with van der Waals surface area (Å²) in [5.74, 6) is -1.15. The van der Waals surface area contributed by atoms with E-state index in [0.717, 1.165) is 4.68 Å². The zero-order chi connectivity index (χ0) is 28.5. The first-order chi connectivity index (χ1) is 18.5. The summed E-state index contributed by atoms with van der Waals surface area (Å²) in [7, 11) is 4.63. The van der Waals surface area contributed by atoms with E-state index in [-0.39, 0.29) is 41.4 Å². The lowest BCUT2D eigenvalue weighted by atomic mass is 10.0. The first-order valence-electron chi connectivity index (χ1n) is 12.3. The Balaban J connectivity index is 1.84. The van der Waals surface area contributed by atoms with Crippen molar-refractivity contribution in [2.24, 2.45) is 0 Å². The highest BCUT2D eigenvalue weighted by atomic mass is 19.4. The lowest BCUT2D eigenvalue weighted by molar-refractivity contribution is -0.141. The summed E-state index contributed by atoms with van der Waals surface area (Å²) >= 11 is 0. The molecule has 2 heterocycles. The topological polar surface area (TPSA) is 96.8 Å². The third-order valence-electron chi connectivity index (χ3n) is 6.33. The lowest BCUT2D eigenvalue weighted by Gasteiger charge is -2.28. The number of halogens is 3. The zero-order valence-electron chi connectivity index (χ0n) is 21.9. The Kier molecular flexibility index (Phi) is 7.66. The van der Waals surface area contributed by atoms with Crippen LogP contribution in [0.3, 0.4) is 0 Å². The van der Waals surface area contributed by atoms with Crippen molar-refractivity contribution >= 4 is 23.4 Å². The van der Waals surface area contributed by atoms with Crippen molar-refractivity contribution in [1.82, 2.24) is 20.0 Å². The predicted molar refractivity (Wildman–Crippen MR) is 138 cm³/mol.